The summed E-state index contributed by atoms with van der Waals surface area (Å²) in [7, 11) is 0. The second kappa shape index (κ2) is 3.94. The molecule has 0 amide bonds. The standard InChI is InChI=1S/C12H16FNO2/c1-12(2,14)8-4-5-9-11(10(8)13)16-7-3-6-15-9/h4-5H,3,6-7,14H2,1-2H3. The van der Waals surface area contributed by atoms with E-state index in [1.165, 1.54) is 0 Å². The fraction of sp³-hybridized carbons (Fsp3) is 0.500. The number of fused-ring (bicyclic) bond motifs is 1. The summed E-state index contributed by atoms with van der Waals surface area (Å²) in [4.78, 5) is 0. The van der Waals surface area contributed by atoms with Gasteiger partial charge < -0.3 is 15.2 Å². The van der Waals surface area contributed by atoms with Crippen molar-refractivity contribution in [1.82, 2.24) is 0 Å². The van der Waals surface area contributed by atoms with Gasteiger partial charge in [-0.25, -0.2) is 4.39 Å². The first-order valence-electron chi connectivity index (χ1n) is 5.37. The van der Waals surface area contributed by atoms with Crippen molar-refractivity contribution >= 4 is 0 Å². The molecule has 0 fully saturated rings. The SMILES string of the molecule is CC(C)(N)c1ccc2c(c1F)OCCCO2. The highest BCUT2D eigenvalue weighted by molar-refractivity contribution is 5.46. The summed E-state index contributed by atoms with van der Waals surface area (Å²) in [6, 6.07) is 3.37. The largest absolute Gasteiger partial charge is 0.489 e. The van der Waals surface area contributed by atoms with Crippen molar-refractivity contribution < 1.29 is 13.9 Å². The van der Waals surface area contributed by atoms with Crippen LogP contribution in [0.3, 0.4) is 0 Å². The summed E-state index contributed by atoms with van der Waals surface area (Å²) in [5, 5.41) is 0. The van der Waals surface area contributed by atoms with Crippen LogP contribution < -0.4 is 15.2 Å². The van der Waals surface area contributed by atoms with E-state index in [1.54, 1.807) is 26.0 Å². The highest BCUT2D eigenvalue weighted by atomic mass is 19.1. The Kier molecular flexibility index (Phi) is 2.76. The number of ether oxygens (including phenoxy) is 2. The van der Waals surface area contributed by atoms with Crippen molar-refractivity contribution in [3.05, 3.63) is 23.5 Å². The lowest BCUT2D eigenvalue weighted by molar-refractivity contribution is 0.291. The fourth-order valence-electron chi connectivity index (χ4n) is 1.70. The van der Waals surface area contributed by atoms with Gasteiger partial charge in [0.25, 0.3) is 0 Å². The summed E-state index contributed by atoms with van der Waals surface area (Å²) < 4.78 is 24.9. The van der Waals surface area contributed by atoms with E-state index in [4.69, 9.17) is 15.2 Å². The average molecular weight is 225 g/mol. The molecule has 2 rings (SSSR count). The zero-order valence-corrected chi connectivity index (χ0v) is 9.55. The van der Waals surface area contributed by atoms with Crippen LogP contribution in [-0.2, 0) is 5.54 Å². The average Bonchev–Trinajstić information content (AvgIpc) is 2.41. The molecular formula is C12H16FNO2. The molecule has 0 saturated carbocycles. The second-order valence-electron chi connectivity index (χ2n) is 4.53. The Morgan fingerprint density at radius 3 is 2.62 bits per heavy atom. The molecular weight excluding hydrogens is 209 g/mol. The van der Waals surface area contributed by atoms with Crippen LogP contribution in [0.25, 0.3) is 0 Å². The lowest BCUT2D eigenvalue weighted by atomic mass is 9.94. The smallest absolute Gasteiger partial charge is 0.197 e. The van der Waals surface area contributed by atoms with Gasteiger partial charge in [0, 0.05) is 17.5 Å². The zero-order valence-electron chi connectivity index (χ0n) is 9.55. The molecule has 1 aliphatic heterocycles. The first kappa shape index (κ1) is 11.2. The molecule has 1 heterocycles. The molecule has 1 aromatic carbocycles. The molecule has 1 aromatic rings. The predicted octanol–water partition coefficient (Wildman–Crippen LogP) is 2.18. The summed E-state index contributed by atoms with van der Waals surface area (Å²) in [6.45, 7) is 4.54. The minimum atomic E-state index is -0.727. The maximum Gasteiger partial charge on any atom is 0.197 e. The van der Waals surface area contributed by atoms with Crippen molar-refractivity contribution in [2.45, 2.75) is 25.8 Å². The maximum absolute atomic E-state index is 14.1. The Labute approximate surface area is 94.3 Å². The van der Waals surface area contributed by atoms with Crippen LogP contribution in [0.1, 0.15) is 25.8 Å². The Hall–Kier alpha value is -1.29. The van der Waals surface area contributed by atoms with Gasteiger partial charge in [0.15, 0.2) is 17.3 Å². The Morgan fingerprint density at radius 2 is 1.94 bits per heavy atom. The third-order valence-electron chi connectivity index (χ3n) is 2.55. The van der Waals surface area contributed by atoms with Crippen LogP contribution in [0, 0.1) is 5.82 Å². The zero-order chi connectivity index (χ0) is 11.8. The first-order chi connectivity index (χ1) is 7.50. The van der Waals surface area contributed by atoms with Crippen LogP contribution in [0.5, 0.6) is 11.5 Å². The van der Waals surface area contributed by atoms with Gasteiger partial charge in [-0.05, 0) is 19.9 Å². The number of hydrogen-bond donors (Lipinski definition) is 1. The molecule has 4 heteroatoms. The minimum Gasteiger partial charge on any atom is -0.489 e. The molecule has 0 aromatic heterocycles. The van der Waals surface area contributed by atoms with Gasteiger partial charge in [-0.3, -0.25) is 0 Å². The van der Waals surface area contributed by atoms with Crippen LogP contribution in [-0.4, -0.2) is 13.2 Å². The second-order valence-corrected chi connectivity index (χ2v) is 4.53. The van der Waals surface area contributed by atoms with Crippen LogP contribution in [0.4, 0.5) is 4.39 Å². The lowest BCUT2D eigenvalue weighted by Gasteiger charge is -2.21. The molecule has 0 saturated heterocycles. The molecule has 16 heavy (non-hydrogen) atoms. The molecule has 0 aliphatic carbocycles. The molecule has 0 spiro atoms. The topological polar surface area (TPSA) is 44.5 Å². The van der Waals surface area contributed by atoms with Gasteiger partial charge in [-0.1, -0.05) is 6.07 Å². The maximum atomic E-state index is 14.1. The predicted molar refractivity (Wildman–Crippen MR) is 59.2 cm³/mol. The molecule has 88 valence electrons. The molecule has 0 bridgehead atoms. The highest BCUT2D eigenvalue weighted by Gasteiger charge is 2.25. The van der Waals surface area contributed by atoms with Crippen molar-refractivity contribution in [2.24, 2.45) is 5.73 Å². The monoisotopic (exact) mass is 225 g/mol. The van der Waals surface area contributed by atoms with Gasteiger partial charge in [-0.15, -0.1) is 0 Å². The minimum absolute atomic E-state index is 0.188. The van der Waals surface area contributed by atoms with E-state index in [0.29, 0.717) is 24.5 Å². The van der Waals surface area contributed by atoms with Gasteiger partial charge in [0.1, 0.15) is 0 Å². The van der Waals surface area contributed by atoms with E-state index in [0.717, 1.165) is 6.42 Å². The fourth-order valence-corrected chi connectivity index (χ4v) is 1.70. The molecule has 1 aliphatic rings. The summed E-state index contributed by atoms with van der Waals surface area (Å²) in [6.07, 6.45) is 0.759. The van der Waals surface area contributed by atoms with Gasteiger partial charge in [0.2, 0.25) is 0 Å². The van der Waals surface area contributed by atoms with Crippen molar-refractivity contribution in [1.29, 1.82) is 0 Å². The van der Waals surface area contributed by atoms with E-state index in [2.05, 4.69) is 0 Å². The van der Waals surface area contributed by atoms with E-state index >= 15 is 0 Å². The van der Waals surface area contributed by atoms with Gasteiger partial charge in [0.05, 0.1) is 13.2 Å². The highest BCUT2D eigenvalue weighted by Crippen LogP contribution is 2.36. The number of benzene rings is 1. The number of hydrogen-bond acceptors (Lipinski definition) is 3. The van der Waals surface area contributed by atoms with Crippen molar-refractivity contribution in [2.75, 3.05) is 13.2 Å². The van der Waals surface area contributed by atoms with E-state index in [1.807, 2.05) is 0 Å². The molecule has 0 unspecified atom stereocenters. The third-order valence-corrected chi connectivity index (χ3v) is 2.55. The van der Waals surface area contributed by atoms with Crippen LogP contribution in [0.2, 0.25) is 0 Å². The van der Waals surface area contributed by atoms with Gasteiger partial charge >= 0.3 is 0 Å². The van der Waals surface area contributed by atoms with Crippen molar-refractivity contribution in [3.63, 3.8) is 0 Å². The molecule has 0 atom stereocenters. The Morgan fingerprint density at radius 1 is 1.25 bits per heavy atom. The quantitative estimate of drug-likeness (QED) is 0.796. The van der Waals surface area contributed by atoms with E-state index in [9.17, 15) is 4.39 Å². The van der Waals surface area contributed by atoms with E-state index in [-0.39, 0.29) is 5.75 Å². The normalized spacial score (nSPS) is 15.8. The first-order valence-corrected chi connectivity index (χ1v) is 5.37. The Bertz CT molecular complexity index is 399. The molecule has 3 nitrogen and oxygen atoms in total. The number of halogens is 1. The molecule has 2 N–H and O–H groups in total. The third kappa shape index (κ3) is 1.97. The number of rotatable bonds is 1. The summed E-state index contributed by atoms with van der Waals surface area (Å²) in [5.41, 5.74) is 5.61. The summed E-state index contributed by atoms with van der Waals surface area (Å²) >= 11 is 0. The van der Waals surface area contributed by atoms with Gasteiger partial charge in [-0.2, -0.15) is 0 Å². The van der Waals surface area contributed by atoms with E-state index < -0.39 is 11.4 Å². The summed E-state index contributed by atoms with van der Waals surface area (Å²) in [5.74, 6) is 0.239. The lowest BCUT2D eigenvalue weighted by Crippen LogP contribution is -2.30. The van der Waals surface area contributed by atoms with Crippen molar-refractivity contribution in [3.8, 4) is 11.5 Å². The van der Waals surface area contributed by atoms with Crippen LogP contribution >= 0.6 is 0 Å². The molecule has 0 radical (unpaired) electrons. The Balaban J connectivity index is 2.50. The van der Waals surface area contributed by atoms with Crippen LogP contribution in [0.15, 0.2) is 12.1 Å². The number of nitrogens with two attached hydrogens (primary N) is 1.